The van der Waals surface area contributed by atoms with E-state index < -0.39 is 0 Å². The van der Waals surface area contributed by atoms with Gasteiger partial charge in [-0.2, -0.15) is 0 Å². The van der Waals surface area contributed by atoms with Crippen LogP contribution in [0.4, 0.5) is 4.39 Å². The Labute approximate surface area is 167 Å². The number of aryl methyl sites for hydroxylation is 1. The number of likely N-dealkylation sites (tertiary alicyclic amines) is 1. The van der Waals surface area contributed by atoms with E-state index in [1.807, 2.05) is 29.4 Å². The summed E-state index contributed by atoms with van der Waals surface area (Å²) >= 11 is 0. The van der Waals surface area contributed by atoms with Crippen LogP contribution in [-0.4, -0.2) is 41.6 Å². The second-order valence-electron chi connectivity index (χ2n) is 7.14. The molecule has 4 nitrogen and oxygen atoms in total. The van der Waals surface area contributed by atoms with E-state index in [-0.39, 0.29) is 24.1 Å². The lowest BCUT2D eigenvalue weighted by atomic mass is 9.96. The van der Waals surface area contributed by atoms with Gasteiger partial charge in [-0.05, 0) is 76.0 Å². The third kappa shape index (κ3) is 4.71. The molecule has 6 heteroatoms. The Balaban J connectivity index is 0.00000261. The highest BCUT2D eigenvalue weighted by Gasteiger charge is 2.26. The number of hydrogen-bond donors (Lipinski definition) is 1. The summed E-state index contributed by atoms with van der Waals surface area (Å²) in [5.74, 6) is 0.506. The Hall–Kier alpha value is -1.85. The SMILES string of the molecule is CCNCC1CCN(C(=O)c2cc(C)n(-c3ccc(F)cc3)c2C)CC1.Cl. The van der Waals surface area contributed by atoms with Gasteiger partial charge in [0.05, 0.1) is 5.56 Å². The van der Waals surface area contributed by atoms with Gasteiger partial charge in [-0.25, -0.2) is 4.39 Å². The summed E-state index contributed by atoms with van der Waals surface area (Å²) in [6.45, 7) is 9.73. The minimum atomic E-state index is -0.257. The minimum absolute atomic E-state index is 0. The second-order valence-corrected chi connectivity index (χ2v) is 7.14. The zero-order valence-electron chi connectivity index (χ0n) is 16.3. The lowest BCUT2D eigenvalue weighted by molar-refractivity contribution is 0.0689. The lowest BCUT2D eigenvalue weighted by Crippen LogP contribution is -2.40. The van der Waals surface area contributed by atoms with Crippen LogP contribution < -0.4 is 5.32 Å². The molecule has 1 N–H and O–H groups in total. The first-order valence-electron chi connectivity index (χ1n) is 9.46. The highest BCUT2D eigenvalue weighted by Crippen LogP contribution is 2.24. The molecule has 2 heterocycles. The summed E-state index contributed by atoms with van der Waals surface area (Å²) in [7, 11) is 0. The number of benzene rings is 1. The first-order chi connectivity index (χ1) is 12.5. The van der Waals surface area contributed by atoms with E-state index in [1.54, 1.807) is 12.1 Å². The average molecular weight is 394 g/mol. The van der Waals surface area contributed by atoms with Crippen LogP contribution in [0.2, 0.25) is 0 Å². The number of carbonyl (C=O) groups excluding carboxylic acids is 1. The van der Waals surface area contributed by atoms with Crippen molar-refractivity contribution in [1.82, 2.24) is 14.8 Å². The molecule has 27 heavy (non-hydrogen) atoms. The van der Waals surface area contributed by atoms with Crippen molar-refractivity contribution < 1.29 is 9.18 Å². The van der Waals surface area contributed by atoms with Gasteiger partial charge in [0.1, 0.15) is 5.82 Å². The zero-order chi connectivity index (χ0) is 18.7. The van der Waals surface area contributed by atoms with Crippen molar-refractivity contribution >= 4 is 18.3 Å². The molecule has 0 unspecified atom stereocenters. The number of nitrogens with one attached hydrogen (secondary N) is 1. The number of amides is 1. The van der Waals surface area contributed by atoms with Crippen molar-refractivity contribution in [2.75, 3.05) is 26.2 Å². The predicted molar refractivity (Wildman–Crippen MR) is 110 cm³/mol. The lowest BCUT2D eigenvalue weighted by Gasteiger charge is -2.32. The monoisotopic (exact) mass is 393 g/mol. The van der Waals surface area contributed by atoms with E-state index in [1.165, 1.54) is 12.1 Å². The van der Waals surface area contributed by atoms with Crippen LogP contribution in [-0.2, 0) is 0 Å². The van der Waals surface area contributed by atoms with Crippen molar-refractivity contribution in [2.24, 2.45) is 5.92 Å². The molecule has 1 aliphatic heterocycles. The Morgan fingerprint density at radius 3 is 2.41 bits per heavy atom. The van der Waals surface area contributed by atoms with Crippen molar-refractivity contribution in [3.8, 4) is 5.69 Å². The van der Waals surface area contributed by atoms with Crippen molar-refractivity contribution in [3.63, 3.8) is 0 Å². The molecule has 1 aromatic heterocycles. The molecule has 0 atom stereocenters. The third-order valence-corrected chi connectivity index (χ3v) is 5.33. The van der Waals surface area contributed by atoms with E-state index >= 15 is 0 Å². The number of carbonyl (C=O) groups is 1. The molecule has 1 aliphatic rings. The van der Waals surface area contributed by atoms with Crippen LogP contribution >= 0.6 is 12.4 Å². The van der Waals surface area contributed by atoms with E-state index in [0.717, 1.165) is 61.7 Å². The normalized spacial score (nSPS) is 14.9. The fourth-order valence-electron chi connectivity index (χ4n) is 3.83. The summed E-state index contributed by atoms with van der Waals surface area (Å²) in [5, 5.41) is 3.40. The van der Waals surface area contributed by atoms with E-state index in [2.05, 4.69) is 12.2 Å². The molecule has 1 amide bonds. The van der Waals surface area contributed by atoms with Gasteiger partial charge < -0.3 is 14.8 Å². The molecule has 0 aliphatic carbocycles. The average Bonchev–Trinajstić information content (AvgIpc) is 2.95. The van der Waals surface area contributed by atoms with E-state index in [0.29, 0.717) is 5.92 Å². The Bertz CT molecular complexity index is 764. The predicted octanol–water partition coefficient (Wildman–Crippen LogP) is 4.12. The quantitative estimate of drug-likeness (QED) is 0.829. The largest absolute Gasteiger partial charge is 0.339 e. The molecule has 0 bridgehead atoms. The minimum Gasteiger partial charge on any atom is -0.339 e. The van der Waals surface area contributed by atoms with Gasteiger partial charge in [-0.3, -0.25) is 4.79 Å². The van der Waals surface area contributed by atoms with E-state index in [4.69, 9.17) is 0 Å². The maximum atomic E-state index is 13.2. The molecular formula is C21H29ClFN3O. The van der Waals surface area contributed by atoms with Gasteiger partial charge in [0.15, 0.2) is 0 Å². The molecule has 2 aromatic rings. The molecule has 148 valence electrons. The van der Waals surface area contributed by atoms with Crippen LogP contribution in [0.25, 0.3) is 5.69 Å². The van der Waals surface area contributed by atoms with Crippen LogP contribution in [0.5, 0.6) is 0 Å². The summed E-state index contributed by atoms with van der Waals surface area (Å²) in [5.41, 5.74) is 3.52. The summed E-state index contributed by atoms with van der Waals surface area (Å²) in [6, 6.07) is 8.34. The van der Waals surface area contributed by atoms with Crippen LogP contribution in [0.1, 0.15) is 41.5 Å². The van der Waals surface area contributed by atoms with Crippen molar-refractivity contribution in [3.05, 3.63) is 53.1 Å². The molecule has 1 saturated heterocycles. The molecule has 0 radical (unpaired) electrons. The van der Waals surface area contributed by atoms with E-state index in [9.17, 15) is 9.18 Å². The number of aromatic nitrogens is 1. The van der Waals surface area contributed by atoms with Gasteiger partial charge in [0.2, 0.25) is 0 Å². The number of piperidine rings is 1. The summed E-state index contributed by atoms with van der Waals surface area (Å²) in [6.07, 6.45) is 2.10. The maximum absolute atomic E-state index is 13.2. The maximum Gasteiger partial charge on any atom is 0.255 e. The van der Waals surface area contributed by atoms with Gasteiger partial charge >= 0.3 is 0 Å². The molecule has 0 spiro atoms. The number of nitrogens with zero attached hydrogens (tertiary/aromatic N) is 2. The highest BCUT2D eigenvalue weighted by molar-refractivity contribution is 5.96. The Morgan fingerprint density at radius 2 is 1.81 bits per heavy atom. The molecule has 1 aromatic carbocycles. The number of hydrogen-bond acceptors (Lipinski definition) is 2. The van der Waals surface area contributed by atoms with Gasteiger partial charge in [0, 0.05) is 30.2 Å². The molecule has 0 saturated carbocycles. The van der Waals surface area contributed by atoms with Crippen LogP contribution in [0.15, 0.2) is 30.3 Å². The van der Waals surface area contributed by atoms with Crippen molar-refractivity contribution in [1.29, 1.82) is 0 Å². The second kappa shape index (κ2) is 9.38. The van der Waals surface area contributed by atoms with Gasteiger partial charge in [0.25, 0.3) is 5.91 Å². The highest BCUT2D eigenvalue weighted by atomic mass is 35.5. The number of rotatable bonds is 5. The summed E-state index contributed by atoms with van der Waals surface area (Å²) < 4.78 is 15.2. The zero-order valence-corrected chi connectivity index (χ0v) is 17.1. The summed E-state index contributed by atoms with van der Waals surface area (Å²) in [4.78, 5) is 15.0. The topological polar surface area (TPSA) is 37.3 Å². The third-order valence-electron chi connectivity index (χ3n) is 5.33. The van der Waals surface area contributed by atoms with Crippen LogP contribution in [0, 0.1) is 25.6 Å². The molecule has 1 fully saturated rings. The Kier molecular flexibility index (Phi) is 7.45. The molecular weight excluding hydrogens is 365 g/mol. The van der Waals surface area contributed by atoms with Crippen LogP contribution in [0.3, 0.4) is 0 Å². The smallest absolute Gasteiger partial charge is 0.255 e. The fourth-order valence-corrected chi connectivity index (χ4v) is 3.83. The number of halogens is 2. The Morgan fingerprint density at radius 1 is 1.19 bits per heavy atom. The van der Waals surface area contributed by atoms with Gasteiger partial charge in [-0.1, -0.05) is 6.92 Å². The molecule has 3 rings (SSSR count). The van der Waals surface area contributed by atoms with Crippen molar-refractivity contribution in [2.45, 2.75) is 33.6 Å². The fraction of sp³-hybridized carbons (Fsp3) is 0.476. The first-order valence-corrected chi connectivity index (χ1v) is 9.46. The van der Waals surface area contributed by atoms with Gasteiger partial charge in [-0.15, -0.1) is 12.4 Å². The standard InChI is InChI=1S/C21H28FN3O.ClH/c1-4-23-14-17-9-11-24(12-10-17)21(26)20-13-15(2)25(16(20)3)19-7-5-18(22)6-8-19;/h5-8,13,17,23H,4,9-12,14H2,1-3H3;1H. The first kappa shape index (κ1) is 21.5.